The molecule has 0 aromatic carbocycles. The Morgan fingerprint density at radius 3 is 2.42 bits per heavy atom. The van der Waals surface area contributed by atoms with Crippen molar-refractivity contribution in [3.63, 3.8) is 0 Å². The average molecular weight is 172 g/mol. The molecule has 0 spiro atoms. The van der Waals surface area contributed by atoms with Crippen molar-refractivity contribution in [2.24, 2.45) is 11.1 Å². The number of hydrogen-bond donors (Lipinski definition) is 2. The van der Waals surface area contributed by atoms with Crippen LogP contribution in [0.25, 0.3) is 0 Å². The molecule has 0 fully saturated rings. The summed E-state index contributed by atoms with van der Waals surface area (Å²) in [5.41, 5.74) is 6.31. The van der Waals surface area contributed by atoms with Gasteiger partial charge < -0.3 is 11.1 Å². The summed E-state index contributed by atoms with van der Waals surface area (Å²) in [5.74, 6) is 0. The second-order valence-electron chi connectivity index (χ2n) is 4.45. The van der Waals surface area contributed by atoms with Crippen molar-refractivity contribution < 1.29 is 0 Å². The molecule has 0 aromatic rings. The highest BCUT2D eigenvalue weighted by Crippen LogP contribution is 2.21. The van der Waals surface area contributed by atoms with Crippen LogP contribution in [0.1, 0.15) is 40.0 Å². The Morgan fingerprint density at radius 2 is 2.00 bits per heavy atom. The summed E-state index contributed by atoms with van der Waals surface area (Å²) < 4.78 is 0. The van der Waals surface area contributed by atoms with Crippen molar-refractivity contribution in [2.45, 2.75) is 46.1 Å². The first kappa shape index (κ1) is 11.9. The number of hydrogen-bond acceptors (Lipinski definition) is 2. The van der Waals surface area contributed by atoms with Crippen molar-refractivity contribution in [2.75, 3.05) is 13.6 Å². The summed E-state index contributed by atoms with van der Waals surface area (Å²) in [5, 5.41) is 3.20. The van der Waals surface area contributed by atoms with Gasteiger partial charge in [0, 0.05) is 12.6 Å². The molecule has 1 atom stereocenters. The van der Waals surface area contributed by atoms with Crippen LogP contribution in [0.4, 0.5) is 0 Å². The minimum Gasteiger partial charge on any atom is -0.328 e. The standard InChI is InChI=1S/C10H24N2/c1-5-6-9(11)7-10(2,3)8-12-4/h9,12H,5-8,11H2,1-4H3. The van der Waals surface area contributed by atoms with Gasteiger partial charge in [-0.05, 0) is 25.3 Å². The van der Waals surface area contributed by atoms with Gasteiger partial charge in [0.1, 0.15) is 0 Å². The molecule has 12 heavy (non-hydrogen) atoms. The number of nitrogens with one attached hydrogen (secondary N) is 1. The van der Waals surface area contributed by atoms with Gasteiger partial charge in [0.2, 0.25) is 0 Å². The third kappa shape index (κ3) is 5.56. The third-order valence-electron chi connectivity index (χ3n) is 2.13. The Kier molecular flexibility index (Phi) is 5.51. The lowest BCUT2D eigenvalue weighted by atomic mass is 9.85. The lowest BCUT2D eigenvalue weighted by Gasteiger charge is -2.27. The van der Waals surface area contributed by atoms with Gasteiger partial charge >= 0.3 is 0 Å². The van der Waals surface area contributed by atoms with E-state index in [9.17, 15) is 0 Å². The molecule has 0 saturated heterocycles. The van der Waals surface area contributed by atoms with E-state index < -0.39 is 0 Å². The second kappa shape index (κ2) is 5.55. The lowest BCUT2D eigenvalue weighted by molar-refractivity contribution is 0.289. The topological polar surface area (TPSA) is 38.0 Å². The van der Waals surface area contributed by atoms with Gasteiger partial charge in [-0.25, -0.2) is 0 Å². The van der Waals surface area contributed by atoms with Crippen LogP contribution in [0.5, 0.6) is 0 Å². The van der Waals surface area contributed by atoms with E-state index in [1.54, 1.807) is 0 Å². The maximum atomic E-state index is 5.97. The normalized spacial score (nSPS) is 14.8. The van der Waals surface area contributed by atoms with Crippen LogP contribution in [0.15, 0.2) is 0 Å². The van der Waals surface area contributed by atoms with E-state index in [2.05, 4.69) is 26.1 Å². The number of nitrogens with two attached hydrogens (primary N) is 1. The Morgan fingerprint density at radius 1 is 1.42 bits per heavy atom. The summed E-state index contributed by atoms with van der Waals surface area (Å²) >= 11 is 0. The van der Waals surface area contributed by atoms with Gasteiger partial charge in [-0.1, -0.05) is 27.2 Å². The van der Waals surface area contributed by atoms with E-state index in [-0.39, 0.29) is 0 Å². The fraction of sp³-hybridized carbons (Fsp3) is 1.00. The minimum atomic E-state index is 0.337. The molecule has 0 amide bonds. The van der Waals surface area contributed by atoms with E-state index in [4.69, 9.17) is 5.73 Å². The molecule has 0 aliphatic rings. The molecular weight excluding hydrogens is 148 g/mol. The van der Waals surface area contributed by atoms with Crippen LogP contribution in [0.2, 0.25) is 0 Å². The molecule has 0 saturated carbocycles. The predicted octanol–water partition coefficient (Wildman–Crippen LogP) is 1.75. The Balaban J connectivity index is 3.70. The maximum Gasteiger partial charge on any atom is 0.00442 e. The smallest absolute Gasteiger partial charge is 0.00442 e. The van der Waals surface area contributed by atoms with E-state index in [0.717, 1.165) is 19.4 Å². The first-order valence-electron chi connectivity index (χ1n) is 4.92. The molecule has 74 valence electrons. The molecule has 0 aromatic heterocycles. The van der Waals surface area contributed by atoms with Crippen molar-refractivity contribution in [3.05, 3.63) is 0 Å². The molecule has 0 radical (unpaired) electrons. The minimum absolute atomic E-state index is 0.337. The number of rotatable bonds is 6. The second-order valence-corrected chi connectivity index (χ2v) is 4.45. The maximum absolute atomic E-state index is 5.97. The molecule has 2 heteroatoms. The largest absolute Gasteiger partial charge is 0.328 e. The zero-order valence-corrected chi connectivity index (χ0v) is 8.98. The van der Waals surface area contributed by atoms with Crippen molar-refractivity contribution in [1.29, 1.82) is 0 Å². The molecule has 0 heterocycles. The van der Waals surface area contributed by atoms with Crippen molar-refractivity contribution >= 4 is 0 Å². The monoisotopic (exact) mass is 172 g/mol. The van der Waals surface area contributed by atoms with Gasteiger partial charge in [0.05, 0.1) is 0 Å². The summed E-state index contributed by atoms with van der Waals surface area (Å²) in [6, 6.07) is 0.373. The van der Waals surface area contributed by atoms with Crippen LogP contribution < -0.4 is 11.1 Å². The fourth-order valence-electron chi connectivity index (χ4n) is 1.73. The van der Waals surface area contributed by atoms with E-state index in [0.29, 0.717) is 11.5 Å². The van der Waals surface area contributed by atoms with Crippen LogP contribution in [0, 0.1) is 5.41 Å². The molecule has 0 bridgehead atoms. The van der Waals surface area contributed by atoms with Crippen LogP contribution in [-0.4, -0.2) is 19.6 Å². The molecule has 0 rings (SSSR count). The fourth-order valence-corrected chi connectivity index (χ4v) is 1.73. The zero-order chi connectivity index (χ0) is 9.61. The van der Waals surface area contributed by atoms with E-state index in [1.165, 1.54) is 6.42 Å². The van der Waals surface area contributed by atoms with E-state index >= 15 is 0 Å². The highest BCUT2D eigenvalue weighted by atomic mass is 14.8. The van der Waals surface area contributed by atoms with Gasteiger partial charge in [-0.15, -0.1) is 0 Å². The molecular formula is C10H24N2. The van der Waals surface area contributed by atoms with E-state index in [1.807, 2.05) is 7.05 Å². The third-order valence-corrected chi connectivity index (χ3v) is 2.13. The van der Waals surface area contributed by atoms with Crippen molar-refractivity contribution in [1.82, 2.24) is 5.32 Å². The Labute approximate surface area is 76.9 Å². The van der Waals surface area contributed by atoms with Crippen molar-refractivity contribution in [3.8, 4) is 0 Å². The Hall–Kier alpha value is -0.0800. The predicted molar refractivity (Wildman–Crippen MR) is 55.2 cm³/mol. The molecule has 3 N–H and O–H groups in total. The van der Waals surface area contributed by atoms with Gasteiger partial charge in [0.25, 0.3) is 0 Å². The SMILES string of the molecule is CCCC(N)CC(C)(C)CNC. The zero-order valence-electron chi connectivity index (χ0n) is 8.98. The summed E-state index contributed by atoms with van der Waals surface area (Å²) in [6.45, 7) is 7.76. The molecule has 0 aliphatic carbocycles. The highest BCUT2D eigenvalue weighted by Gasteiger charge is 2.19. The van der Waals surface area contributed by atoms with Gasteiger partial charge in [-0.3, -0.25) is 0 Å². The first-order valence-corrected chi connectivity index (χ1v) is 4.92. The van der Waals surface area contributed by atoms with Crippen LogP contribution in [-0.2, 0) is 0 Å². The summed E-state index contributed by atoms with van der Waals surface area (Å²) in [6.07, 6.45) is 3.45. The lowest BCUT2D eigenvalue weighted by Crippen LogP contribution is -2.34. The molecule has 0 aliphatic heterocycles. The van der Waals surface area contributed by atoms with Crippen LogP contribution in [0.3, 0.4) is 0 Å². The molecule has 2 nitrogen and oxygen atoms in total. The Bertz CT molecular complexity index is 110. The van der Waals surface area contributed by atoms with Gasteiger partial charge in [0.15, 0.2) is 0 Å². The first-order chi connectivity index (χ1) is 5.52. The summed E-state index contributed by atoms with van der Waals surface area (Å²) in [4.78, 5) is 0. The molecule has 1 unspecified atom stereocenters. The highest BCUT2D eigenvalue weighted by molar-refractivity contribution is 4.76. The quantitative estimate of drug-likeness (QED) is 0.640. The average Bonchev–Trinajstić information content (AvgIpc) is 1.85. The summed E-state index contributed by atoms with van der Waals surface area (Å²) in [7, 11) is 1.99. The van der Waals surface area contributed by atoms with Gasteiger partial charge in [-0.2, -0.15) is 0 Å². The van der Waals surface area contributed by atoms with Crippen LogP contribution >= 0.6 is 0 Å².